The summed E-state index contributed by atoms with van der Waals surface area (Å²) in [7, 11) is 3.81. The highest BCUT2D eigenvalue weighted by atomic mass is 35.5. The number of aliphatic hydroxyl groups excluding tert-OH is 2. The minimum atomic E-state index is -0.991. The van der Waals surface area contributed by atoms with Crippen molar-refractivity contribution in [2.75, 3.05) is 167 Å². The second kappa shape index (κ2) is 60.0. The van der Waals surface area contributed by atoms with E-state index in [-0.39, 0.29) is 51.9 Å². The standard InChI is InChI=1S/C17H24Cl2N2O4.C17H26N2O6.2C13H18Cl2N2O2.C13H18N2O4.ClH/c1-3-25-17(23)20-15(16(22)24-2)12-13-4-6-14(7-5-13)21(10-8-18)11-9-19;1-3-25-17(23)18-15(16(22)24-2)12-13-4-6-14(7-5-13)19(8-10-20)9-11-21;2*14-5-7-17(8-6-15)11-3-1-10(2-4-11)9-12(16)13(18)19;1-3-19-13(17)15-11(12(16)18-2)8-9-4-6-10(14)7-5-9;/h4-7,15H,3,8-12H2,1-2H3,(H,20,23);4-7,15,20-21H,3,8-12H2,1-2H3,(H,18,23);2*1-4,12H,5-9,16H2,(H,18,19);4-7,11H,3,8,14H2,1-2H3,(H,15,17);1H/t2*15-;2*12-;11-;/m00000./s1. The van der Waals surface area contributed by atoms with E-state index in [4.69, 9.17) is 131 Å². The highest BCUT2D eigenvalue weighted by Gasteiger charge is 2.26. The Balaban J connectivity index is 0.00000133. The fraction of sp³-hybridized carbons (Fsp3) is 0.479. The zero-order chi connectivity index (χ0) is 80.1. The fourth-order valence-electron chi connectivity index (χ4n) is 9.70. The number of nitrogens with one attached hydrogen (secondary N) is 3. The van der Waals surface area contributed by atoms with Crippen molar-refractivity contribution in [1.29, 1.82) is 0 Å². The van der Waals surface area contributed by atoms with Crippen molar-refractivity contribution in [1.82, 2.24) is 16.0 Å². The van der Waals surface area contributed by atoms with Gasteiger partial charge in [0.2, 0.25) is 0 Å². The number of anilines is 5. The van der Waals surface area contributed by atoms with Gasteiger partial charge in [0, 0.05) is 135 Å². The number of carbonyl (C=O) groups excluding carboxylic acids is 6. The predicted octanol–water partition coefficient (Wildman–Crippen LogP) is 8.48. The number of alkyl carbamates (subject to hydrolysis) is 3. The van der Waals surface area contributed by atoms with Gasteiger partial charge in [-0.2, -0.15) is 0 Å². The molecule has 0 radical (unpaired) electrons. The first-order valence-electron chi connectivity index (χ1n) is 34.1. The number of nitrogens with zero attached hydrogens (tertiary/aromatic N) is 4. The monoisotopic (exact) mass is 1650 g/mol. The van der Waals surface area contributed by atoms with Crippen molar-refractivity contribution in [3.05, 3.63) is 149 Å². The van der Waals surface area contributed by atoms with Crippen LogP contribution in [0.3, 0.4) is 0 Å². The van der Waals surface area contributed by atoms with Crippen LogP contribution in [0.1, 0.15) is 48.6 Å². The summed E-state index contributed by atoms with van der Waals surface area (Å²) in [6.07, 6.45) is -0.458. The highest BCUT2D eigenvalue weighted by molar-refractivity contribution is 6.19. The van der Waals surface area contributed by atoms with E-state index < -0.39 is 78.3 Å². The third-order valence-corrected chi connectivity index (χ3v) is 16.1. The maximum atomic E-state index is 11.9. The van der Waals surface area contributed by atoms with Gasteiger partial charge < -0.3 is 102 Å². The molecule has 5 aromatic carbocycles. The molecule has 0 bridgehead atoms. The molecule has 0 fully saturated rings. The van der Waals surface area contributed by atoms with E-state index in [2.05, 4.69) is 35.4 Å². The SMILES string of the molecule is CCOC(=O)N[C@@H](Cc1ccc(N(CCCl)CCCl)cc1)C(=O)OC.CCOC(=O)N[C@@H](Cc1ccc(N(CCO)CCO)cc1)C(=O)OC.CCOC(=O)N[C@@H](Cc1ccc(N)cc1)C(=O)OC.Cl.N[C@@H](Cc1ccc(N(CCCl)CCCl)cc1)C(=O)O.N[C@@H](Cc1ccc(N(CCCl)CCCl)cc1)C(=O)O. The Bertz CT molecular complexity index is 3120. The summed E-state index contributed by atoms with van der Waals surface area (Å²) in [5, 5.41) is 43.2. The van der Waals surface area contributed by atoms with Crippen LogP contribution in [0.15, 0.2) is 121 Å². The Morgan fingerprint density at radius 1 is 0.370 bits per heavy atom. The van der Waals surface area contributed by atoms with E-state index >= 15 is 0 Å². The number of carboxylic acids is 2. The van der Waals surface area contributed by atoms with E-state index in [0.717, 1.165) is 76.7 Å². The van der Waals surface area contributed by atoms with Crippen molar-refractivity contribution in [2.24, 2.45) is 11.5 Å². The normalized spacial score (nSPS) is 11.6. The van der Waals surface area contributed by atoms with Gasteiger partial charge in [0.15, 0.2) is 0 Å². The minimum Gasteiger partial charge on any atom is -0.480 e. The molecule has 604 valence electrons. The van der Waals surface area contributed by atoms with Crippen molar-refractivity contribution < 1.29 is 87.2 Å². The average Bonchev–Trinajstić information content (AvgIpc) is 1.04. The largest absolute Gasteiger partial charge is 0.480 e. The van der Waals surface area contributed by atoms with Crippen LogP contribution in [0.2, 0.25) is 0 Å². The number of hydrogen-bond donors (Lipinski definition) is 10. The van der Waals surface area contributed by atoms with Gasteiger partial charge in [-0.3, -0.25) is 9.59 Å². The Morgan fingerprint density at radius 3 is 0.759 bits per heavy atom. The predicted molar refractivity (Wildman–Crippen MR) is 429 cm³/mol. The average molecular weight is 1660 g/mol. The molecule has 108 heavy (non-hydrogen) atoms. The summed E-state index contributed by atoms with van der Waals surface area (Å²) in [4.78, 5) is 99.3. The molecule has 0 aliphatic rings. The van der Waals surface area contributed by atoms with Crippen molar-refractivity contribution in [2.45, 2.75) is 83.1 Å². The lowest BCUT2D eigenvalue weighted by atomic mass is 10.1. The van der Waals surface area contributed by atoms with Crippen LogP contribution < -0.4 is 52.8 Å². The number of esters is 3. The van der Waals surface area contributed by atoms with E-state index in [1.54, 1.807) is 45.0 Å². The van der Waals surface area contributed by atoms with Crippen LogP contribution >= 0.6 is 82.0 Å². The molecule has 5 atom stereocenters. The molecule has 5 rings (SSSR count). The number of ether oxygens (including phenoxy) is 6. The van der Waals surface area contributed by atoms with Gasteiger partial charge in [-0.1, -0.05) is 60.7 Å². The molecule has 0 aliphatic heterocycles. The fourth-order valence-corrected chi connectivity index (χ4v) is 10.9. The van der Waals surface area contributed by atoms with Crippen molar-refractivity contribution >= 4 is 159 Å². The number of methoxy groups -OCH3 is 3. The molecule has 0 saturated carbocycles. The number of benzene rings is 5. The molecule has 0 heterocycles. The third-order valence-electron chi connectivity index (χ3n) is 15.1. The first-order valence-corrected chi connectivity index (χ1v) is 37.3. The van der Waals surface area contributed by atoms with Gasteiger partial charge in [0.05, 0.1) is 54.4 Å². The van der Waals surface area contributed by atoms with Crippen LogP contribution in [0.25, 0.3) is 0 Å². The second-order valence-electron chi connectivity index (χ2n) is 22.7. The Kier molecular flexibility index (Phi) is 55.6. The number of alkyl halides is 6. The van der Waals surface area contributed by atoms with E-state index in [1.807, 2.05) is 102 Å². The molecule has 0 aromatic heterocycles. The molecule has 5 aromatic rings. The minimum absolute atomic E-state index is 0. The van der Waals surface area contributed by atoms with Crippen molar-refractivity contribution in [3.63, 3.8) is 0 Å². The van der Waals surface area contributed by atoms with Gasteiger partial charge >= 0.3 is 48.1 Å². The number of carboxylic acid groups (broad SMARTS) is 2. The molecule has 13 N–H and O–H groups in total. The zero-order valence-electron chi connectivity index (χ0n) is 61.6. The van der Waals surface area contributed by atoms with E-state index in [1.165, 1.54) is 21.3 Å². The third kappa shape index (κ3) is 41.6. The van der Waals surface area contributed by atoms with Gasteiger partial charge in [-0.05, 0) is 122 Å². The number of aliphatic carboxylic acids is 2. The van der Waals surface area contributed by atoms with Crippen LogP contribution in [-0.2, 0) is 84.5 Å². The number of amides is 3. The molecule has 0 spiro atoms. The second-order valence-corrected chi connectivity index (χ2v) is 24.9. The first kappa shape index (κ1) is 100. The number of aliphatic hydroxyl groups is 2. The summed E-state index contributed by atoms with van der Waals surface area (Å²) in [5.41, 5.74) is 25.5. The molecule has 35 heteroatoms. The van der Waals surface area contributed by atoms with E-state index in [9.17, 15) is 38.4 Å². The number of carbonyl (C=O) groups is 8. The topological polar surface area (TPSA) is 400 Å². The summed E-state index contributed by atoms with van der Waals surface area (Å²) < 4.78 is 28.5. The summed E-state index contributed by atoms with van der Waals surface area (Å²) in [6.45, 7) is 10.8. The summed E-state index contributed by atoms with van der Waals surface area (Å²) >= 11 is 34.6. The number of rotatable bonds is 41. The Labute approximate surface area is 668 Å². The molecule has 0 saturated heterocycles. The van der Waals surface area contributed by atoms with Crippen LogP contribution in [-0.4, -0.2) is 241 Å². The van der Waals surface area contributed by atoms with Crippen LogP contribution in [0.4, 0.5) is 42.8 Å². The van der Waals surface area contributed by atoms with Gasteiger partial charge in [0.25, 0.3) is 0 Å². The molecule has 3 amide bonds. The number of hydrogen-bond acceptors (Lipinski definition) is 23. The van der Waals surface area contributed by atoms with Gasteiger partial charge in [-0.25, -0.2) is 28.8 Å². The lowest BCUT2D eigenvalue weighted by Crippen LogP contribution is -2.43. The Morgan fingerprint density at radius 2 is 0.574 bits per heavy atom. The smallest absolute Gasteiger partial charge is 0.407 e. The maximum absolute atomic E-state index is 11.9. The Hall–Kier alpha value is -7.87. The summed E-state index contributed by atoms with van der Waals surface area (Å²) in [6, 6.07) is 33.1. The van der Waals surface area contributed by atoms with Crippen molar-refractivity contribution in [3.8, 4) is 0 Å². The molecule has 28 nitrogen and oxygen atoms in total. The van der Waals surface area contributed by atoms with Crippen LogP contribution in [0, 0.1) is 0 Å². The lowest BCUT2D eigenvalue weighted by Gasteiger charge is -2.23. The number of nitrogens with two attached hydrogens (primary N) is 3. The van der Waals surface area contributed by atoms with E-state index in [0.29, 0.717) is 92.8 Å². The lowest BCUT2D eigenvalue weighted by molar-refractivity contribution is -0.143. The molecule has 0 unspecified atom stereocenters. The number of halogens is 7. The summed E-state index contributed by atoms with van der Waals surface area (Å²) in [5.74, 6) is -0.452. The highest BCUT2D eigenvalue weighted by Crippen LogP contribution is 2.21. The van der Waals surface area contributed by atoms with Gasteiger partial charge in [0.1, 0.15) is 30.2 Å². The molecular formula is C73H105Cl7N10O18. The quantitative estimate of drug-likeness (QED) is 0.00758. The maximum Gasteiger partial charge on any atom is 0.407 e. The first-order chi connectivity index (χ1) is 51.3. The zero-order valence-corrected chi connectivity index (χ0v) is 67.0. The molecule has 0 aliphatic carbocycles. The number of nitrogen functional groups attached to an aromatic ring is 1. The van der Waals surface area contributed by atoms with Crippen LogP contribution in [0.5, 0.6) is 0 Å². The molecular weight excluding hydrogens is 1550 g/mol. The van der Waals surface area contributed by atoms with Gasteiger partial charge in [-0.15, -0.1) is 82.0 Å².